The van der Waals surface area contributed by atoms with Gasteiger partial charge in [-0.1, -0.05) is 52.9 Å². The molecule has 1 aromatic carbocycles. The summed E-state index contributed by atoms with van der Waals surface area (Å²) in [5.41, 5.74) is 2.84. The fourth-order valence-corrected chi connectivity index (χ4v) is 5.05. The molecule has 160 valence electrons. The fraction of sp³-hybridized carbons (Fsp3) is 0.680. The Morgan fingerprint density at radius 1 is 1.21 bits per heavy atom. The van der Waals surface area contributed by atoms with Crippen LogP contribution >= 0.6 is 0 Å². The van der Waals surface area contributed by atoms with Gasteiger partial charge in [0, 0.05) is 31.1 Å². The lowest BCUT2D eigenvalue weighted by Gasteiger charge is -2.20. The highest BCUT2D eigenvalue weighted by molar-refractivity contribution is 5.99. The molecule has 0 bridgehead atoms. The first-order valence-electron chi connectivity index (χ1n) is 11.8. The summed E-state index contributed by atoms with van der Waals surface area (Å²) >= 11 is 0. The van der Waals surface area contributed by atoms with Crippen molar-refractivity contribution < 1.29 is 9.90 Å². The van der Waals surface area contributed by atoms with Crippen molar-refractivity contribution in [1.29, 1.82) is 0 Å². The average Bonchev–Trinajstić information content (AvgIpc) is 3.36. The third kappa shape index (κ3) is 5.09. The molecule has 1 N–H and O–H groups in total. The first-order chi connectivity index (χ1) is 14.1. The van der Waals surface area contributed by atoms with E-state index in [0.717, 1.165) is 54.6 Å². The molecule has 1 aliphatic carbocycles. The topological polar surface area (TPSA) is 55.1 Å². The maximum absolute atomic E-state index is 12.8. The Morgan fingerprint density at radius 3 is 2.55 bits per heavy atom. The van der Waals surface area contributed by atoms with Crippen molar-refractivity contribution in [2.45, 2.75) is 91.0 Å². The maximum Gasteiger partial charge on any atom is 0.163 e. The molecule has 0 amide bonds. The molecule has 1 heterocycles. The van der Waals surface area contributed by atoms with Crippen LogP contribution in [0.15, 0.2) is 18.2 Å². The molecule has 4 heteroatoms. The Morgan fingerprint density at radius 2 is 1.93 bits per heavy atom. The highest BCUT2D eigenvalue weighted by Gasteiger charge is 2.23. The zero-order valence-electron chi connectivity index (χ0n) is 18.5. The first-order valence-corrected chi connectivity index (χ1v) is 11.8. The number of nitrogens with zero attached hydrogens (tertiary/aromatic N) is 2. The van der Waals surface area contributed by atoms with Crippen molar-refractivity contribution in [3.8, 4) is 0 Å². The lowest BCUT2D eigenvalue weighted by molar-refractivity contribution is 0.0931. The molecule has 1 aliphatic rings. The van der Waals surface area contributed by atoms with Crippen LogP contribution in [0.1, 0.15) is 101 Å². The Labute approximate surface area is 175 Å². The largest absolute Gasteiger partial charge is 0.396 e. The van der Waals surface area contributed by atoms with Crippen molar-refractivity contribution in [3.63, 3.8) is 0 Å². The smallest absolute Gasteiger partial charge is 0.163 e. The third-order valence-electron chi connectivity index (χ3n) is 6.77. The molecular weight excluding hydrogens is 360 g/mol. The highest BCUT2D eigenvalue weighted by Crippen LogP contribution is 2.32. The normalized spacial score (nSPS) is 16.2. The number of fused-ring (bicyclic) bond motifs is 1. The molecule has 1 aromatic heterocycles. The fourth-order valence-electron chi connectivity index (χ4n) is 5.05. The third-order valence-corrected chi connectivity index (χ3v) is 6.77. The van der Waals surface area contributed by atoms with E-state index in [-0.39, 0.29) is 18.3 Å². The number of benzene rings is 1. The van der Waals surface area contributed by atoms with E-state index in [9.17, 15) is 9.90 Å². The monoisotopic (exact) mass is 398 g/mol. The number of aromatic nitrogens is 2. The van der Waals surface area contributed by atoms with Gasteiger partial charge in [-0.3, -0.25) is 4.79 Å². The molecule has 1 atom stereocenters. The van der Waals surface area contributed by atoms with Gasteiger partial charge in [-0.05, 0) is 49.3 Å². The summed E-state index contributed by atoms with van der Waals surface area (Å²) in [6.45, 7) is 6.67. The van der Waals surface area contributed by atoms with Crippen LogP contribution in [0, 0.1) is 11.8 Å². The summed E-state index contributed by atoms with van der Waals surface area (Å²) < 4.78 is 2.45. The summed E-state index contributed by atoms with van der Waals surface area (Å²) in [6.07, 6.45) is 10.9. The average molecular weight is 399 g/mol. The second-order valence-electron chi connectivity index (χ2n) is 8.89. The van der Waals surface area contributed by atoms with E-state index in [2.05, 4.69) is 31.4 Å². The Balaban J connectivity index is 1.92. The van der Waals surface area contributed by atoms with Crippen molar-refractivity contribution >= 4 is 16.8 Å². The van der Waals surface area contributed by atoms with Crippen molar-refractivity contribution in [2.24, 2.45) is 11.8 Å². The minimum Gasteiger partial charge on any atom is -0.396 e. The number of rotatable bonds is 11. The number of carbonyl (C=O) groups excluding carboxylic acids is 1. The number of Topliss-reactive ketones (excluding diaryl/α,β-unsaturated/α-hetero) is 1. The number of ketones is 1. The van der Waals surface area contributed by atoms with Gasteiger partial charge >= 0.3 is 0 Å². The van der Waals surface area contributed by atoms with E-state index >= 15 is 0 Å². The van der Waals surface area contributed by atoms with Gasteiger partial charge in [0.05, 0.1) is 11.0 Å². The number of hydrogen-bond acceptors (Lipinski definition) is 3. The number of aliphatic hydroxyl groups is 1. The minimum atomic E-state index is 0.0586. The lowest BCUT2D eigenvalue weighted by atomic mass is 9.95. The van der Waals surface area contributed by atoms with Crippen LogP contribution in [0.5, 0.6) is 0 Å². The van der Waals surface area contributed by atoms with E-state index in [0.29, 0.717) is 12.5 Å². The van der Waals surface area contributed by atoms with Gasteiger partial charge in [-0.2, -0.15) is 0 Å². The van der Waals surface area contributed by atoms with Crippen LogP contribution in [0.2, 0.25) is 0 Å². The molecule has 29 heavy (non-hydrogen) atoms. The summed E-state index contributed by atoms with van der Waals surface area (Å²) in [5, 5.41) is 9.55. The molecule has 4 nitrogen and oxygen atoms in total. The number of hydrogen-bond donors (Lipinski definition) is 1. The molecular formula is C25H38N2O2. The summed E-state index contributed by atoms with van der Waals surface area (Å²) in [5.74, 6) is 2.13. The van der Waals surface area contributed by atoms with Gasteiger partial charge in [-0.25, -0.2) is 4.98 Å². The van der Waals surface area contributed by atoms with Crippen LogP contribution in [0.25, 0.3) is 11.0 Å². The number of carbonyl (C=O) groups is 1. The minimum absolute atomic E-state index is 0.0586. The molecule has 1 fully saturated rings. The molecule has 3 rings (SSSR count). The van der Waals surface area contributed by atoms with Gasteiger partial charge in [-0.15, -0.1) is 0 Å². The van der Waals surface area contributed by atoms with Crippen LogP contribution in [0.4, 0.5) is 0 Å². The van der Waals surface area contributed by atoms with Crippen molar-refractivity contribution in [2.75, 3.05) is 6.61 Å². The maximum atomic E-state index is 12.8. The van der Waals surface area contributed by atoms with E-state index in [4.69, 9.17) is 4.98 Å². The Bertz CT molecular complexity index is 801. The van der Waals surface area contributed by atoms with Crippen LogP contribution in [-0.4, -0.2) is 27.0 Å². The molecule has 0 radical (unpaired) electrons. The zero-order chi connectivity index (χ0) is 20.8. The number of aliphatic hydroxyl groups excluding tert-OH is 1. The highest BCUT2D eigenvalue weighted by atomic mass is 16.3. The van der Waals surface area contributed by atoms with E-state index < -0.39 is 0 Å². The van der Waals surface area contributed by atoms with E-state index in [1.807, 2.05) is 12.1 Å². The van der Waals surface area contributed by atoms with Crippen LogP contribution in [-0.2, 0) is 6.42 Å². The van der Waals surface area contributed by atoms with E-state index in [1.165, 1.54) is 31.5 Å². The molecule has 0 saturated heterocycles. The van der Waals surface area contributed by atoms with Gasteiger partial charge in [0.1, 0.15) is 5.82 Å². The van der Waals surface area contributed by atoms with Gasteiger partial charge in [0.25, 0.3) is 0 Å². The lowest BCUT2D eigenvalue weighted by Crippen LogP contribution is -2.14. The van der Waals surface area contributed by atoms with Gasteiger partial charge in [0.2, 0.25) is 0 Å². The second-order valence-corrected chi connectivity index (χ2v) is 8.89. The molecule has 1 saturated carbocycles. The van der Waals surface area contributed by atoms with E-state index in [1.54, 1.807) is 0 Å². The van der Waals surface area contributed by atoms with Gasteiger partial charge in [0.15, 0.2) is 5.78 Å². The standard InChI is InChI=1S/C25H38N2O2/c1-4-9-19(17-28)14-24(29)20-12-13-23-22(16-20)26-25(15-18-10-7-8-11-18)27(23)21(5-2)6-3/h12-13,16,18-19,21,28H,4-11,14-15,17H2,1-3H3/t19-/m0/s1. The number of imidazole rings is 1. The second kappa shape index (κ2) is 10.4. The Kier molecular flexibility index (Phi) is 7.88. The predicted molar refractivity (Wildman–Crippen MR) is 119 cm³/mol. The SMILES string of the molecule is CCC[C@H](CO)CC(=O)c1ccc2c(c1)nc(CC1CCCC1)n2C(CC)CC. The van der Waals surface area contributed by atoms with Crippen LogP contribution < -0.4 is 0 Å². The molecule has 0 aliphatic heterocycles. The van der Waals surface area contributed by atoms with Gasteiger partial charge < -0.3 is 9.67 Å². The zero-order valence-corrected chi connectivity index (χ0v) is 18.5. The summed E-state index contributed by atoms with van der Waals surface area (Å²) in [4.78, 5) is 17.8. The van der Waals surface area contributed by atoms with Crippen molar-refractivity contribution in [1.82, 2.24) is 9.55 Å². The quantitative estimate of drug-likeness (QED) is 0.464. The summed E-state index contributed by atoms with van der Waals surface area (Å²) in [7, 11) is 0. The molecule has 0 unspecified atom stereocenters. The van der Waals surface area contributed by atoms with Crippen molar-refractivity contribution in [3.05, 3.63) is 29.6 Å². The van der Waals surface area contributed by atoms with Crippen LogP contribution in [0.3, 0.4) is 0 Å². The Hall–Kier alpha value is -1.68. The molecule has 0 spiro atoms. The molecule has 2 aromatic rings. The predicted octanol–water partition coefficient (Wildman–Crippen LogP) is 6.11. The first kappa shape index (κ1) is 22.0. The summed E-state index contributed by atoms with van der Waals surface area (Å²) in [6, 6.07) is 6.50.